The van der Waals surface area contributed by atoms with Gasteiger partial charge in [0.1, 0.15) is 5.78 Å². The van der Waals surface area contributed by atoms with E-state index in [1.165, 1.54) is 32.1 Å². The smallest absolute Gasteiger partial charge is 0.146 e. The van der Waals surface area contributed by atoms with Gasteiger partial charge in [0.05, 0.1) is 6.04 Å². The molecule has 0 bridgehead atoms. The Hall–Kier alpha value is -0.370. The molecule has 0 radical (unpaired) electrons. The van der Waals surface area contributed by atoms with Gasteiger partial charge in [-0.05, 0) is 13.3 Å². The molecular weight excluding hydrogens is 162 g/mol. The molecule has 78 valence electrons. The van der Waals surface area contributed by atoms with Gasteiger partial charge < -0.3 is 5.73 Å². The topological polar surface area (TPSA) is 43.1 Å². The summed E-state index contributed by atoms with van der Waals surface area (Å²) in [6, 6.07) is -0.217. The normalized spacial score (nSPS) is 12.8. The van der Waals surface area contributed by atoms with Crippen LogP contribution < -0.4 is 5.73 Å². The zero-order valence-corrected chi connectivity index (χ0v) is 9.01. The van der Waals surface area contributed by atoms with E-state index in [0.717, 1.165) is 12.8 Å². The number of carbonyl (C=O) groups is 1. The van der Waals surface area contributed by atoms with Crippen molar-refractivity contribution in [2.75, 3.05) is 0 Å². The SMILES string of the molecule is CCCCCCCCC(N)C(C)=O. The Labute approximate surface area is 81.9 Å². The zero-order valence-electron chi connectivity index (χ0n) is 9.01. The summed E-state index contributed by atoms with van der Waals surface area (Å²) < 4.78 is 0. The van der Waals surface area contributed by atoms with E-state index >= 15 is 0 Å². The van der Waals surface area contributed by atoms with Crippen LogP contribution in [0.2, 0.25) is 0 Å². The highest BCUT2D eigenvalue weighted by molar-refractivity contribution is 5.80. The molecule has 0 heterocycles. The highest BCUT2D eigenvalue weighted by atomic mass is 16.1. The number of hydrogen-bond donors (Lipinski definition) is 1. The quantitative estimate of drug-likeness (QED) is 0.591. The maximum atomic E-state index is 10.8. The Kier molecular flexibility index (Phi) is 8.00. The minimum absolute atomic E-state index is 0.119. The van der Waals surface area contributed by atoms with Crippen molar-refractivity contribution in [1.29, 1.82) is 0 Å². The van der Waals surface area contributed by atoms with Gasteiger partial charge in [-0.1, -0.05) is 45.4 Å². The highest BCUT2D eigenvalue weighted by Gasteiger charge is 2.06. The summed E-state index contributed by atoms with van der Waals surface area (Å²) in [5.41, 5.74) is 5.61. The molecule has 0 fully saturated rings. The van der Waals surface area contributed by atoms with Gasteiger partial charge in [0.2, 0.25) is 0 Å². The van der Waals surface area contributed by atoms with E-state index in [2.05, 4.69) is 6.92 Å². The van der Waals surface area contributed by atoms with Crippen LogP contribution >= 0.6 is 0 Å². The van der Waals surface area contributed by atoms with Crippen LogP contribution in [-0.4, -0.2) is 11.8 Å². The molecule has 2 nitrogen and oxygen atoms in total. The molecule has 0 aromatic carbocycles. The van der Waals surface area contributed by atoms with Crippen LogP contribution in [0.1, 0.15) is 58.8 Å². The summed E-state index contributed by atoms with van der Waals surface area (Å²) in [6.45, 7) is 3.79. The van der Waals surface area contributed by atoms with Gasteiger partial charge in [-0.2, -0.15) is 0 Å². The average molecular weight is 185 g/mol. The van der Waals surface area contributed by atoms with Crippen molar-refractivity contribution in [2.24, 2.45) is 5.73 Å². The van der Waals surface area contributed by atoms with Gasteiger partial charge in [-0.15, -0.1) is 0 Å². The van der Waals surface area contributed by atoms with Gasteiger partial charge in [0.15, 0.2) is 0 Å². The van der Waals surface area contributed by atoms with Crippen LogP contribution in [-0.2, 0) is 4.79 Å². The second kappa shape index (κ2) is 8.24. The highest BCUT2D eigenvalue weighted by Crippen LogP contribution is 2.07. The van der Waals surface area contributed by atoms with Crippen LogP contribution in [0.15, 0.2) is 0 Å². The van der Waals surface area contributed by atoms with Gasteiger partial charge in [0, 0.05) is 0 Å². The molecule has 0 aromatic heterocycles. The van der Waals surface area contributed by atoms with Gasteiger partial charge in [-0.3, -0.25) is 4.79 Å². The fourth-order valence-corrected chi connectivity index (χ4v) is 1.35. The van der Waals surface area contributed by atoms with E-state index in [-0.39, 0.29) is 11.8 Å². The summed E-state index contributed by atoms with van der Waals surface area (Å²) >= 11 is 0. The third kappa shape index (κ3) is 7.97. The summed E-state index contributed by atoms with van der Waals surface area (Å²) in [7, 11) is 0. The first-order valence-electron chi connectivity index (χ1n) is 5.44. The second-order valence-corrected chi connectivity index (χ2v) is 3.77. The van der Waals surface area contributed by atoms with E-state index in [4.69, 9.17) is 5.73 Å². The molecule has 0 aliphatic carbocycles. The Bertz CT molecular complexity index is 134. The fourth-order valence-electron chi connectivity index (χ4n) is 1.35. The van der Waals surface area contributed by atoms with Crippen LogP contribution in [0.3, 0.4) is 0 Å². The summed E-state index contributed by atoms with van der Waals surface area (Å²) in [5.74, 6) is 0.119. The molecule has 2 N–H and O–H groups in total. The third-order valence-electron chi connectivity index (χ3n) is 2.39. The predicted molar refractivity (Wildman–Crippen MR) is 56.6 cm³/mol. The van der Waals surface area contributed by atoms with Gasteiger partial charge in [-0.25, -0.2) is 0 Å². The number of hydrogen-bond acceptors (Lipinski definition) is 2. The Morgan fingerprint density at radius 3 is 2.23 bits per heavy atom. The zero-order chi connectivity index (χ0) is 10.1. The lowest BCUT2D eigenvalue weighted by Crippen LogP contribution is -2.27. The number of carbonyl (C=O) groups excluding carboxylic acids is 1. The number of ketones is 1. The van der Waals surface area contributed by atoms with Crippen molar-refractivity contribution in [1.82, 2.24) is 0 Å². The molecule has 1 unspecified atom stereocenters. The Morgan fingerprint density at radius 2 is 1.69 bits per heavy atom. The van der Waals surface area contributed by atoms with Crippen LogP contribution in [0, 0.1) is 0 Å². The molecule has 0 aromatic rings. The number of nitrogens with two attached hydrogens (primary N) is 1. The molecule has 1 atom stereocenters. The molecule has 0 saturated carbocycles. The molecular formula is C11H23NO. The minimum atomic E-state index is -0.217. The van der Waals surface area contributed by atoms with Crippen LogP contribution in [0.4, 0.5) is 0 Å². The average Bonchev–Trinajstić information content (AvgIpc) is 2.10. The molecule has 13 heavy (non-hydrogen) atoms. The first-order chi connectivity index (χ1) is 6.18. The lowest BCUT2D eigenvalue weighted by molar-refractivity contribution is -0.118. The Balaban J connectivity index is 3.11. The van der Waals surface area contributed by atoms with Crippen molar-refractivity contribution in [2.45, 2.75) is 64.8 Å². The number of Topliss-reactive ketones (excluding diaryl/α,β-unsaturated/α-hetero) is 1. The van der Waals surface area contributed by atoms with E-state index in [0.29, 0.717) is 0 Å². The van der Waals surface area contributed by atoms with Gasteiger partial charge >= 0.3 is 0 Å². The van der Waals surface area contributed by atoms with Gasteiger partial charge in [0.25, 0.3) is 0 Å². The van der Waals surface area contributed by atoms with Crippen LogP contribution in [0.5, 0.6) is 0 Å². The maximum absolute atomic E-state index is 10.8. The largest absolute Gasteiger partial charge is 0.322 e. The molecule has 0 aliphatic rings. The maximum Gasteiger partial charge on any atom is 0.146 e. The number of unbranched alkanes of at least 4 members (excludes halogenated alkanes) is 5. The lowest BCUT2D eigenvalue weighted by Gasteiger charge is -2.06. The van der Waals surface area contributed by atoms with E-state index in [1.54, 1.807) is 6.92 Å². The first-order valence-corrected chi connectivity index (χ1v) is 5.44. The summed E-state index contributed by atoms with van der Waals surface area (Å²) in [5, 5.41) is 0. The summed E-state index contributed by atoms with van der Waals surface area (Å²) in [6.07, 6.45) is 8.42. The van der Waals surface area contributed by atoms with Crippen molar-refractivity contribution < 1.29 is 4.79 Å². The first kappa shape index (κ1) is 12.6. The fraction of sp³-hybridized carbons (Fsp3) is 0.909. The predicted octanol–water partition coefficient (Wildman–Crippen LogP) is 2.65. The minimum Gasteiger partial charge on any atom is -0.322 e. The summed E-state index contributed by atoms with van der Waals surface area (Å²) in [4.78, 5) is 10.8. The van der Waals surface area contributed by atoms with E-state index in [1.807, 2.05) is 0 Å². The standard InChI is InChI=1S/C11H23NO/c1-3-4-5-6-7-8-9-11(12)10(2)13/h11H,3-9,12H2,1-2H3. The third-order valence-corrected chi connectivity index (χ3v) is 2.39. The number of rotatable bonds is 8. The monoisotopic (exact) mass is 185 g/mol. The van der Waals surface area contributed by atoms with E-state index < -0.39 is 0 Å². The molecule has 0 rings (SSSR count). The van der Waals surface area contributed by atoms with Crippen LogP contribution in [0.25, 0.3) is 0 Å². The van der Waals surface area contributed by atoms with E-state index in [9.17, 15) is 4.79 Å². The van der Waals surface area contributed by atoms with Crippen molar-refractivity contribution in [3.05, 3.63) is 0 Å². The van der Waals surface area contributed by atoms with Crippen molar-refractivity contribution >= 4 is 5.78 Å². The molecule has 0 aliphatic heterocycles. The second-order valence-electron chi connectivity index (χ2n) is 3.77. The Morgan fingerprint density at radius 1 is 1.15 bits per heavy atom. The molecule has 0 spiro atoms. The van der Waals surface area contributed by atoms with Crippen molar-refractivity contribution in [3.8, 4) is 0 Å². The lowest BCUT2D eigenvalue weighted by atomic mass is 10.0. The van der Waals surface area contributed by atoms with Crippen molar-refractivity contribution in [3.63, 3.8) is 0 Å². The molecule has 2 heteroatoms. The molecule has 0 amide bonds. The molecule has 0 saturated heterocycles.